The molecule has 104 valence electrons. The van der Waals surface area contributed by atoms with E-state index >= 15 is 0 Å². The Labute approximate surface area is 119 Å². The molecule has 1 aromatic heterocycles. The molecule has 0 radical (unpaired) electrons. The second kappa shape index (κ2) is 5.50. The maximum atomic E-state index is 13.6. The summed E-state index contributed by atoms with van der Waals surface area (Å²) in [6.45, 7) is 1.21. The summed E-state index contributed by atoms with van der Waals surface area (Å²) >= 11 is 5.65. The van der Waals surface area contributed by atoms with E-state index in [1.165, 1.54) is 0 Å². The molecule has 7 heteroatoms. The lowest BCUT2D eigenvalue weighted by molar-refractivity contribution is 0.297. The first-order valence-corrected chi connectivity index (χ1v) is 6.45. The fourth-order valence-corrected chi connectivity index (χ4v) is 1.94. The van der Waals surface area contributed by atoms with Crippen LogP contribution in [0.2, 0.25) is 5.28 Å². The SMILES string of the molecule is Fc1cnc(Cl)nc1Nc1ccc2c(c1)OCCCO2. The normalized spacial score (nSPS) is 13.7. The minimum atomic E-state index is -0.582. The molecule has 0 unspecified atom stereocenters. The van der Waals surface area contributed by atoms with Crippen LogP contribution in [0.25, 0.3) is 0 Å². The average molecular weight is 296 g/mol. The second-order valence-electron chi connectivity index (χ2n) is 4.17. The van der Waals surface area contributed by atoms with E-state index in [1.807, 2.05) is 0 Å². The molecule has 1 aromatic carbocycles. The van der Waals surface area contributed by atoms with Gasteiger partial charge in [0, 0.05) is 18.2 Å². The highest BCUT2D eigenvalue weighted by Crippen LogP contribution is 2.33. The fraction of sp³-hybridized carbons (Fsp3) is 0.231. The highest BCUT2D eigenvalue weighted by molar-refractivity contribution is 6.28. The van der Waals surface area contributed by atoms with Crippen molar-refractivity contribution in [3.05, 3.63) is 35.5 Å². The van der Waals surface area contributed by atoms with Crippen LogP contribution in [0.4, 0.5) is 15.9 Å². The van der Waals surface area contributed by atoms with Crippen LogP contribution >= 0.6 is 11.6 Å². The highest BCUT2D eigenvalue weighted by atomic mass is 35.5. The van der Waals surface area contributed by atoms with Crippen molar-refractivity contribution >= 4 is 23.1 Å². The van der Waals surface area contributed by atoms with Crippen molar-refractivity contribution < 1.29 is 13.9 Å². The van der Waals surface area contributed by atoms with Gasteiger partial charge >= 0.3 is 0 Å². The summed E-state index contributed by atoms with van der Waals surface area (Å²) in [5.41, 5.74) is 0.628. The molecule has 5 nitrogen and oxygen atoms in total. The van der Waals surface area contributed by atoms with Crippen LogP contribution in [-0.2, 0) is 0 Å². The Bertz CT molecular complexity index is 639. The number of nitrogens with one attached hydrogen (secondary N) is 1. The lowest BCUT2D eigenvalue weighted by Crippen LogP contribution is -2.00. The van der Waals surface area contributed by atoms with Crippen molar-refractivity contribution in [2.75, 3.05) is 18.5 Å². The highest BCUT2D eigenvalue weighted by Gasteiger charge is 2.12. The maximum absolute atomic E-state index is 13.6. The monoisotopic (exact) mass is 295 g/mol. The molecular weight excluding hydrogens is 285 g/mol. The first kappa shape index (κ1) is 12.9. The lowest BCUT2D eigenvalue weighted by atomic mass is 10.2. The van der Waals surface area contributed by atoms with Crippen molar-refractivity contribution in [3.63, 3.8) is 0 Å². The zero-order valence-corrected chi connectivity index (χ0v) is 11.2. The second-order valence-corrected chi connectivity index (χ2v) is 4.51. The van der Waals surface area contributed by atoms with Gasteiger partial charge in [-0.1, -0.05) is 0 Å². The number of aromatic nitrogens is 2. The topological polar surface area (TPSA) is 56.3 Å². The maximum Gasteiger partial charge on any atom is 0.224 e. The van der Waals surface area contributed by atoms with E-state index < -0.39 is 5.82 Å². The van der Waals surface area contributed by atoms with E-state index in [-0.39, 0.29) is 11.1 Å². The Morgan fingerprint density at radius 2 is 2.00 bits per heavy atom. The van der Waals surface area contributed by atoms with Gasteiger partial charge in [-0.15, -0.1) is 0 Å². The molecule has 20 heavy (non-hydrogen) atoms. The predicted octanol–water partition coefficient (Wildman–Crippen LogP) is 3.17. The predicted molar refractivity (Wildman–Crippen MR) is 72.3 cm³/mol. The van der Waals surface area contributed by atoms with E-state index in [2.05, 4.69) is 15.3 Å². The third-order valence-corrected chi connectivity index (χ3v) is 2.91. The molecule has 0 aliphatic carbocycles. The molecule has 0 spiro atoms. The molecule has 2 heterocycles. The van der Waals surface area contributed by atoms with Crippen LogP contribution in [0, 0.1) is 5.82 Å². The molecule has 3 rings (SSSR count). The molecule has 1 aliphatic rings. The molecule has 1 N–H and O–H groups in total. The van der Waals surface area contributed by atoms with Crippen LogP contribution in [0.15, 0.2) is 24.4 Å². The summed E-state index contributed by atoms with van der Waals surface area (Å²) in [5, 5.41) is 2.81. The lowest BCUT2D eigenvalue weighted by Gasteiger charge is -2.11. The number of ether oxygens (including phenoxy) is 2. The summed E-state index contributed by atoms with van der Waals surface area (Å²) in [6.07, 6.45) is 1.84. The smallest absolute Gasteiger partial charge is 0.224 e. The summed E-state index contributed by atoms with van der Waals surface area (Å²) in [6, 6.07) is 5.25. The molecule has 2 aromatic rings. The Kier molecular flexibility index (Phi) is 3.56. The molecular formula is C13H11ClFN3O2. The number of anilines is 2. The fourth-order valence-electron chi connectivity index (χ4n) is 1.81. The van der Waals surface area contributed by atoms with Gasteiger partial charge in [-0.3, -0.25) is 0 Å². The summed E-state index contributed by atoms with van der Waals surface area (Å²) in [7, 11) is 0. The van der Waals surface area contributed by atoms with Crippen LogP contribution in [0.1, 0.15) is 6.42 Å². The standard InChI is InChI=1S/C13H11ClFN3O2/c14-13-16-7-9(15)12(18-13)17-8-2-3-10-11(6-8)20-5-1-4-19-10/h2-3,6-7H,1,4-5H2,(H,16,17,18). The first-order chi connectivity index (χ1) is 9.72. The molecule has 0 bridgehead atoms. The van der Waals surface area contributed by atoms with Gasteiger partial charge in [0.05, 0.1) is 19.4 Å². The van der Waals surface area contributed by atoms with Gasteiger partial charge in [0.25, 0.3) is 0 Å². The van der Waals surface area contributed by atoms with Gasteiger partial charge in [0.15, 0.2) is 23.1 Å². The third-order valence-electron chi connectivity index (χ3n) is 2.72. The minimum absolute atomic E-state index is 0.0134. The van der Waals surface area contributed by atoms with E-state index in [0.29, 0.717) is 30.4 Å². The van der Waals surface area contributed by atoms with Crippen LogP contribution in [0.5, 0.6) is 11.5 Å². The summed E-state index contributed by atoms with van der Waals surface area (Å²) in [4.78, 5) is 7.35. The Balaban J connectivity index is 1.87. The van der Waals surface area contributed by atoms with Crippen molar-refractivity contribution in [1.29, 1.82) is 0 Å². The largest absolute Gasteiger partial charge is 0.490 e. The number of benzene rings is 1. The van der Waals surface area contributed by atoms with Gasteiger partial charge < -0.3 is 14.8 Å². The van der Waals surface area contributed by atoms with E-state index in [9.17, 15) is 4.39 Å². The molecule has 1 aliphatic heterocycles. The number of nitrogens with zero attached hydrogens (tertiary/aromatic N) is 2. The Morgan fingerprint density at radius 3 is 2.85 bits per heavy atom. The van der Waals surface area contributed by atoms with E-state index in [1.54, 1.807) is 18.2 Å². The van der Waals surface area contributed by atoms with E-state index in [4.69, 9.17) is 21.1 Å². The number of rotatable bonds is 2. The summed E-state index contributed by atoms with van der Waals surface area (Å²) in [5.74, 6) is 0.725. The molecule has 0 saturated carbocycles. The van der Waals surface area contributed by atoms with Crippen molar-refractivity contribution in [2.24, 2.45) is 0 Å². The minimum Gasteiger partial charge on any atom is -0.490 e. The number of halogens is 2. The molecule has 0 atom stereocenters. The van der Waals surface area contributed by atoms with Crippen LogP contribution in [0.3, 0.4) is 0 Å². The third kappa shape index (κ3) is 2.75. The zero-order valence-electron chi connectivity index (χ0n) is 10.4. The van der Waals surface area contributed by atoms with Gasteiger partial charge in [0.2, 0.25) is 5.28 Å². The molecule has 0 fully saturated rings. The van der Waals surface area contributed by atoms with Gasteiger partial charge in [-0.25, -0.2) is 9.37 Å². The number of hydrogen-bond donors (Lipinski definition) is 1. The van der Waals surface area contributed by atoms with Gasteiger partial charge in [-0.05, 0) is 23.7 Å². The van der Waals surface area contributed by atoms with Gasteiger partial charge in [0.1, 0.15) is 0 Å². The van der Waals surface area contributed by atoms with Gasteiger partial charge in [-0.2, -0.15) is 4.98 Å². The van der Waals surface area contributed by atoms with Crippen molar-refractivity contribution in [3.8, 4) is 11.5 Å². The zero-order chi connectivity index (χ0) is 13.9. The average Bonchev–Trinajstić information content (AvgIpc) is 2.67. The number of hydrogen-bond acceptors (Lipinski definition) is 5. The van der Waals surface area contributed by atoms with E-state index in [0.717, 1.165) is 12.6 Å². The Hall–Kier alpha value is -2.08. The van der Waals surface area contributed by atoms with Crippen LogP contribution < -0.4 is 14.8 Å². The quantitative estimate of drug-likeness (QED) is 0.862. The molecule has 0 amide bonds. The molecule has 0 saturated heterocycles. The van der Waals surface area contributed by atoms with Crippen molar-refractivity contribution in [2.45, 2.75) is 6.42 Å². The Morgan fingerprint density at radius 1 is 1.20 bits per heavy atom. The summed E-state index contributed by atoms with van der Waals surface area (Å²) < 4.78 is 24.6. The number of fused-ring (bicyclic) bond motifs is 1. The first-order valence-electron chi connectivity index (χ1n) is 6.07. The van der Waals surface area contributed by atoms with Crippen molar-refractivity contribution in [1.82, 2.24) is 9.97 Å². The van der Waals surface area contributed by atoms with Crippen LogP contribution in [-0.4, -0.2) is 23.2 Å².